The lowest BCUT2D eigenvalue weighted by atomic mass is 10.3. The van der Waals surface area contributed by atoms with Crippen molar-refractivity contribution >= 4 is 29.0 Å². The van der Waals surface area contributed by atoms with E-state index in [2.05, 4.69) is 5.32 Å². The molecule has 0 fully saturated rings. The van der Waals surface area contributed by atoms with Gasteiger partial charge < -0.3 is 16.4 Å². The predicted molar refractivity (Wildman–Crippen MR) is 58.9 cm³/mol. The molecule has 0 saturated carbocycles. The van der Waals surface area contributed by atoms with E-state index in [1.165, 1.54) is 18.2 Å². The summed E-state index contributed by atoms with van der Waals surface area (Å²) in [5.74, 6) is 0. The third-order valence-electron chi connectivity index (χ3n) is 1.69. The molecule has 94 valence electrons. The lowest BCUT2D eigenvalue weighted by Gasteiger charge is -2.10. The second-order valence-corrected chi connectivity index (χ2v) is 3.57. The van der Waals surface area contributed by atoms with E-state index in [-0.39, 0.29) is 10.7 Å². The quantitative estimate of drug-likeness (QED) is 0.721. The third kappa shape index (κ3) is 4.81. The number of carbonyl (C=O) groups is 1. The highest BCUT2D eigenvalue weighted by molar-refractivity contribution is 6.34. The molecule has 0 unspecified atom stereocenters. The van der Waals surface area contributed by atoms with Crippen molar-refractivity contribution in [1.82, 2.24) is 5.32 Å². The van der Waals surface area contributed by atoms with Gasteiger partial charge in [0, 0.05) is 5.69 Å². The number of halogens is 4. The number of urea groups is 1. The smallest absolute Gasteiger partial charge is 0.399 e. The molecule has 0 spiro atoms. The molecule has 0 aromatic heterocycles. The Kier molecular flexibility index (Phi) is 4.06. The van der Waals surface area contributed by atoms with Gasteiger partial charge in [-0.25, -0.2) is 4.79 Å². The predicted octanol–water partition coefficient (Wildman–Crippen LogP) is 2.61. The van der Waals surface area contributed by atoms with E-state index >= 15 is 0 Å². The van der Waals surface area contributed by atoms with Crippen LogP contribution in [0.4, 0.5) is 29.3 Å². The first-order valence-corrected chi connectivity index (χ1v) is 4.82. The van der Waals surface area contributed by atoms with Crippen molar-refractivity contribution in [3.63, 3.8) is 0 Å². The Bertz CT molecular complexity index is 422. The van der Waals surface area contributed by atoms with Crippen molar-refractivity contribution in [3.05, 3.63) is 23.2 Å². The van der Waals surface area contributed by atoms with E-state index in [0.29, 0.717) is 5.69 Å². The number of nitrogen functional groups attached to an aromatic ring is 1. The third-order valence-corrected chi connectivity index (χ3v) is 2.00. The molecule has 0 aliphatic carbocycles. The number of nitrogens with two attached hydrogens (primary N) is 1. The molecule has 2 amide bonds. The van der Waals surface area contributed by atoms with Crippen molar-refractivity contribution in [2.75, 3.05) is 17.6 Å². The minimum absolute atomic E-state index is 0.146. The summed E-state index contributed by atoms with van der Waals surface area (Å²) in [6.07, 6.45) is -4.46. The van der Waals surface area contributed by atoms with Crippen LogP contribution in [-0.2, 0) is 0 Å². The van der Waals surface area contributed by atoms with E-state index < -0.39 is 18.8 Å². The van der Waals surface area contributed by atoms with Gasteiger partial charge in [-0.2, -0.15) is 13.2 Å². The molecule has 1 rings (SSSR count). The zero-order valence-electron chi connectivity index (χ0n) is 8.44. The molecule has 0 saturated heterocycles. The highest BCUT2D eigenvalue weighted by Gasteiger charge is 2.27. The molecule has 1 aromatic rings. The maximum absolute atomic E-state index is 11.8. The Labute approximate surface area is 99.9 Å². The van der Waals surface area contributed by atoms with E-state index in [4.69, 9.17) is 17.3 Å². The van der Waals surface area contributed by atoms with Crippen molar-refractivity contribution in [2.24, 2.45) is 0 Å². The summed E-state index contributed by atoms with van der Waals surface area (Å²) in [5.41, 5.74) is 5.98. The highest BCUT2D eigenvalue weighted by atomic mass is 35.5. The van der Waals surface area contributed by atoms with Gasteiger partial charge in [0.15, 0.2) is 0 Å². The fourth-order valence-corrected chi connectivity index (χ4v) is 1.22. The second-order valence-electron chi connectivity index (χ2n) is 3.16. The van der Waals surface area contributed by atoms with Crippen molar-refractivity contribution in [2.45, 2.75) is 6.18 Å². The lowest BCUT2D eigenvalue weighted by Crippen LogP contribution is -2.36. The van der Waals surface area contributed by atoms with Gasteiger partial charge in [0.25, 0.3) is 0 Å². The number of carbonyl (C=O) groups excluding carboxylic acids is 1. The molecule has 4 nitrogen and oxygen atoms in total. The number of alkyl halides is 3. The number of anilines is 2. The number of nitrogens with one attached hydrogen (secondary N) is 2. The number of hydrogen-bond acceptors (Lipinski definition) is 2. The molecule has 0 bridgehead atoms. The summed E-state index contributed by atoms with van der Waals surface area (Å²) in [6.45, 7) is -1.41. The van der Waals surface area contributed by atoms with E-state index in [1.807, 2.05) is 0 Å². The molecule has 0 aliphatic rings. The SMILES string of the molecule is Nc1ccc(NC(=O)NCC(F)(F)F)c(Cl)c1. The molecule has 8 heteroatoms. The van der Waals surface area contributed by atoms with Gasteiger partial charge >= 0.3 is 12.2 Å². The Morgan fingerprint density at radius 1 is 1.41 bits per heavy atom. The highest BCUT2D eigenvalue weighted by Crippen LogP contribution is 2.23. The monoisotopic (exact) mass is 267 g/mol. The zero-order valence-corrected chi connectivity index (χ0v) is 9.19. The van der Waals surface area contributed by atoms with Crippen LogP contribution in [0.25, 0.3) is 0 Å². The van der Waals surface area contributed by atoms with Gasteiger partial charge in [-0.1, -0.05) is 11.6 Å². The summed E-state index contributed by atoms with van der Waals surface area (Å²) in [5, 5.41) is 3.97. The standard InChI is InChI=1S/C9H9ClF3N3O/c10-6-3-5(14)1-2-7(6)16-8(17)15-4-9(11,12)13/h1-3H,4,14H2,(H2,15,16,17). The second kappa shape index (κ2) is 5.13. The van der Waals surface area contributed by atoms with Gasteiger partial charge in [0.2, 0.25) is 0 Å². The zero-order chi connectivity index (χ0) is 13.1. The first-order valence-electron chi connectivity index (χ1n) is 4.44. The molecule has 0 atom stereocenters. The van der Waals surface area contributed by atoms with Gasteiger partial charge in [-0.05, 0) is 18.2 Å². The van der Waals surface area contributed by atoms with E-state index in [0.717, 1.165) is 0 Å². The number of benzene rings is 1. The van der Waals surface area contributed by atoms with Gasteiger partial charge in [0.05, 0.1) is 10.7 Å². The van der Waals surface area contributed by atoms with Crippen LogP contribution < -0.4 is 16.4 Å². The first kappa shape index (κ1) is 13.4. The van der Waals surface area contributed by atoms with Crippen LogP contribution in [0.3, 0.4) is 0 Å². The van der Waals surface area contributed by atoms with Crippen LogP contribution >= 0.6 is 11.6 Å². The molecule has 4 N–H and O–H groups in total. The average Bonchev–Trinajstić information content (AvgIpc) is 2.18. The Balaban J connectivity index is 2.57. The topological polar surface area (TPSA) is 67.1 Å². The molecule has 0 radical (unpaired) electrons. The molecule has 0 aliphatic heterocycles. The van der Waals surface area contributed by atoms with Crippen LogP contribution in [0.15, 0.2) is 18.2 Å². The minimum atomic E-state index is -4.46. The fourth-order valence-electron chi connectivity index (χ4n) is 0.980. The van der Waals surface area contributed by atoms with Gasteiger partial charge in [0.1, 0.15) is 6.54 Å². The number of hydrogen-bond donors (Lipinski definition) is 3. The molecule has 0 heterocycles. The molecule has 17 heavy (non-hydrogen) atoms. The summed E-state index contributed by atoms with van der Waals surface area (Å²) >= 11 is 5.72. The molecular weight excluding hydrogens is 259 g/mol. The average molecular weight is 268 g/mol. The van der Waals surface area contributed by atoms with Crippen LogP contribution in [0.2, 0.25) is 5.02 Å². The Hall–Kier alpha value is -1.63. The maximum Gasteiger partial charge on any atom is 0.405 e. The van der Waals surface area contributed by atoms with E-state index in [9.17, 15) is 18.0 Å². The van der Waals surface area contributed by atoms with Crippen LogP contribution in [-0.4, -0.2) is 18.8 Å². The Morgan fingerprint density at radius 2 is 2.06 bits per heavy atom. The lowest BCUT2D eigenvalue weighted by molar-refractivity contribution is -0.122. The van der Waals surface area contributed by atoms with Gasteiger partial charge in [-0.3, -0.25) is 0 Å². The number of rotatable bonds is 2. The van der Waals surface area contributed by atoms with Gasteiger partial charge in [-0.15, -0.1) is 0 Å². The summed E-state index contributed by atoms with van der Waals surface area (Å²) in [6, 6.07) is 3.24. The van der Waals surface area contributed by atoms with Crippen molar-refractivity contribution < 1.29 is 18.0 Å². The minimum Gasteiger partial charge on any atom is -0.399 e. The first-order chi connectivity index (χ1) is 7.78. The van der Waals surface area contributed by atoms with Crippen LogP contribution in [0.5, 0.6) is 0 Å². The molecular formula is C9H9ClF3N3O. The maximum atomic E-state index is 11.8. The summed E-state index contributed by atoms with van der Waals surface area (Å²) in [7, 11) is 0. The summed E-state index contributed by atoms with van der Waals surface area (Å²) in [4.78, 5) is 11.1. The van der Waals surface area contributed by atoms with Crippen LogP contribution in [0.1, 0.15) is 0 Å². The van der Waals surface area contributed by atoms with Crippen LogP contribution in [0, 0.1) is 0 Å². The van der Waals surface area contributed by atoms with E-state index in [1.54, 1.807) is 5.32 Å². The van der Waals surface area contributed by atoms with Crippen molar-refractivity contribution in [1.29, 1.82) is 0 Å². The Morgan fingerprint density at radius 3 is 2.59 bits per heavy atom. The molecule has 1 aromatic carbocycles. The summed E-state index contributed by atoms with van der Waals surface area (Å²) < 4.78 is 35.4. The largest absolute Gasteiger partial charge is 0.405 e. The van der Waals surface area contributed by atoms with Crippen molar-refractivity contribution in [3.8, 4) is 0 Å². The fraction of sp³-hybridized carbons (Fsp3) is 0.222. The number of amides is 2. The normalized spacial score (nSPS) is 11.1.